The molecule has 2 rings (SSSR count). The Hall–Kier alpha value is -1.99. The topological polar surface area (TPSA) is 59.3 Å². The van der Waals surface area contributed by atoms with Crippen LogP contribution in [0.2, 0.25) is 0 Å². The van der Waals surface area contributed by atoms with Gasteiger partial charge in [-0.05, 0) is 38.5 Å². The maximum absolute atomic E-state index is 12.2. The smallest absolute Gasteiger partial charge is 0.387 e. The van der Waals surface area contributed by atoms with Crippen molar-refractivity contribution in [3.05, 3.63) is 46.8 Å². The Morgan fingerprint density at radius 3 is 2.71 bits per heavy atom. The van der Waals surface area contributed by atoms with Gasteiger partial charge in [-0.25, -0.2) is 0 Å². The lowest BCUT2D eigenvalue weighted by molar-refractivity contribution is -0.0499. The van der Waals surface area contributed by atoms with E-state index in [1.54, 1.807) is 12.1 Å². The van der Waals surface area contributed by atoms with Crippen molar-refractivity contribution in [3.8, 4) is 5.75 Å². The lowest BCUT2D eigenvalue weighted by Crippen LogP contribution is -2.21. The molecule has 0 aliphatic heterocycles. The monoisotopic (exact) mass is 339 g/mol. The molecule has 0 fully saturated rings. The van der Waals surface area contributed by atoms with Gasteiger partial charge in [0.1, 0.15) is 5.75 Å². The fourth-order valence-corrected chi connectivity index (χ4v) is 2.65. The standard InChI is InChI=1S/C17H23F2N3O2/c1-4-22-12(3)15(11(2)21-22)9-20-10-16(23)13-6-5-7-14(8-13)24-17(18)19/h5-8,16-17,20,23H,4,9-10H2,1-3H3. The predicted octanol–water partition coefficient (Wildman–Crippen LogP) is 2.94. The number of nitrogens with zero attached hydrogens (tertiary/aromatic N) is 2. The molecule has 0 radical (unpaired) electrons. The Morgan fingerprint density at radius 2 is 2.08 bits per heavy atom. The summed E-state index contributed by atoms with van der Waals surface area (Å²) < 4.78 is 30.8. The molecule has 1 aromatic carbocycles. The molecular weight excluding hydrogens is 316 g/mol. The molecule has 1 heterocycles. The van der Waals surface area contributed by atoms with Crippen LogP contribution in [-0.2, 0) is 13.1 Å². The molecule has 0 amide bonds. The molecule has 0 aliphatic carbocycles. The average Bonchev–Trinajstić information content (AvgIpc) is 2.81. The highest BCUT2D eigenvalue weighted by molar-refractivity contribution is 5.30. The van der Waals surface area contributed by atoms with E-state index in [1.807, 2.05) is 25.5 Å². The Labute approximate surface area is 140 Å². The molecule has 2 N–H and O–H groups in total. The maximum Gasteiger partial charge on any atom is 0.387 e. The summed E-state index contributed by atoms with van der Waals surface area (Å²) in [6.45, 7) is 4.83. The molecule has 7 heteroatoms. The van der Waals surface area contributed by atoms with Gasteiger partial charge in [-0.2, -0.15) is 13.9 Å². The number of hydrogen-bond donors (Lipinski definition) is 2. The van der Waals surface area contributed by atoms with Crippen molar-refractivity contribution in [1.82, 2.24) is 15.1 Å². The molecule has 1 aromatic heterocycles. The fourth-order valence-electron chi connectivity index (χ4n) is 2.65. The number of aliphatic hydroxyl groups excluding tert-OH is 1. The van der Waals surface area contributed by atoms with Crippen LogP contribution < -0.4 is 10.1 Å². The molecule has 2 aromatic rings. The van der Waals surface area contributed by atoms with E-state index in [2.05, 4.69) is 15.2 Å². The van der Waals surface area contributed by atoms with Gasteiger partial charge in [-0.15, -0.1) is 0 Å². The summed E-state index contributed by atoms with van der Waals surface area (Å²) in [5.74, 6) is 0.0393. The van der Waals surface area contributed by atoms with E-state index in [0.717, 1.165) is 23.5 Å². The highest BCUT2D eigenvalue weighted by Crippen LogP contribution is 2.21. The largest absolute Gasteiger partial charge is 0.435 e. The number of benzene rings is 1. The number of aliphatic hydroxyl groups is 1. The molecule has 1 unspecified atom stereocenters. The highest BCUT2D eigenvalue weighted by atomic mass is 19.3. The van der Waals surface area contributed by atoms with Crippen molar-refractivity contribution >= 4 is 0 Å². The zero-order valence-corrected chi connectivity index (χ0v) is 14.1. The lowest BCUT2D eigenvalue weighted by atomic mass is 10.1. The number of ether oxygens (including phenoxy) is 1. The van der Waals surface area contributed by atoms with Gasteiger partial charge in [-0.1, -0.05) is 12.1 Å². The average molecular weight is 339 g/mol. The van der Waals surface area contributed by atoms with Crippen molar-refractivity contribution in [2.24, 2.45) is 0 Å². The summed E-state index contributed by atoms with van der Waals surface area (Å²) in [5, 5.41) is 17.9. The normalized spacial score (nSPS) is 12.6. The van der Waals surface area contributed by atoms with Crippen LogP contribution in [0.15, 0.2) is 24.3 Å². The number of alkyl halides is 2. The van der Waals surface area contributed by atoms with Crippen LogP contribution in [-0.4, -0.2) is 28.0 Å². The van der Waals surface area contributed by atoms with Crippen LogP contribution in [0.3, 0.4) is 0 Å². The van der Waals surface area contributed by atoms with Gasteiger partial charge >= 0.3 is 6.61 Å². The predicted molar refractivity (Wildman–Crippen MR) is 87.1 cm³/mol. The quantitative estimate of drug-likeness (QED) is 0.776. The van der Waals surface area contributed by atoms with Crippen LogP contribution in [0.1, 0.15) is 35.5 Å². The third-order valence-electron chi connectivity index (χ3n) is 3.94. The summed E-state index contributed by atoms with van der Waals surface area (Å²) in [6.07, 6.45) is -0.812. The third-order valence-corrected chi connectivity index (χ3v) is 3.94. The molecule has 0 saturated heterocycles. The van der Waals surface area contributed by atoms with Gasteiger partial charge < -0.3 is 15.2 Å². The summed E-state index contributed by atoms with van der Waals surface area (Å²) in [6, 6.07) is 6.11. The van der Waals surface area contributed by atoms with Crippen molar-refractivity contribution in [2.75, 3.05) is 6.54 Å². The first-order valence-corrected chi connectivity index (χ1v) is 7.88. The van der Waals surface area contributed by atoms with Crippen LogP contribution in [0.5, 0.6) is 5.75 Å². The molecule has 132 valence electrons. The van der Waals surface area contributed by atoms with Crippen molar-refractivity contribution in [3.63, 3.8) is 0 Å². The van der Waals surface area contributed by atoms with E-state index in [0.29, 0.717) is 18.7 Å². The molecule has 1 atom stereocenters. The van der Waals surface area contributed by atoms with Crippen LogP contribution in [0.25, 0.3) is 0 Å². The van der Waals surface area contributed by atoms with Crippen molar-refractivity contribution in [2.45, 2.75) is 46.6 Å². The fraction of sp³-hybridized carbons (Fsp3) is 0.471. The summed E-state index contributed by atoms with van der Waals surface area (Å²) in [5.41, 5.74) is 3.70. The van der Waals surface area contributed by atoms with E-state index in [-0.39, 0.29) is 5.75 Å². The molecular formula is C17H23F2N3O2. The number of rotatable bonds is 8. The van der Waals surface area contributed by atoms with E-state index >= 15 is 0 Å². The highest BCUT2D eigenvalue weighted by Gasteiger charge is 2.13. The molecule has 0 spiro atoms. The van der Waals surface area contributed by atoms with Gasteiger partial charge in [0.15, 0.2) is 0 Å². The van der Waals surface area contributed by atoms with Crippen molar-refractivity contribution < 1.29 is 18.6 Å². The van der Waals surface area contributed by atoms with E-state index in [1.165, 1.54) is 12.1 Å². The third kappa shape index (κ3) is 4.52. The first kappa shape index (κ1) is 18.4. The lowest BCUT2D eigenvalue weighted by Gasteiger charge is -2.14. The van der Waals surface area contributed by atoms with Crippen LogP contribution >= 0.6 is 0 Å². The second-order valence-electron chi connectivity index (χ2n) is 5.56. The van der Waals surface area contributed by atoms with Crippen LogP contribution in [0, 0.1) is 13.8 Å². The first-order valence-electron chi connectivity index (χ1n) is 7.88. The second-order valence-corrected chi connectivity index (χ2v) is 5.56. The van der Waals surface area contributed by atoms with E-state index < -0.39 is 12.7 Å². The molecule has 0 saturated carbocycles. The van der Waals surface area contributed by atoms with E-state index in [4.69, 9.17) is 0 Å². The van der Waals surface area contributed by atoms with Gasteiger partial charge in [0.2, 0.25) is 0 Å². The maximum atomic E-state index is 12.2. The number of hydrogen-bond acceptors (Lipinski definition) is 4. The summed E-state index contributed by atoms with van der Waals surface area (Å²) >= 11 is 0. The minimum Gasteiger partial charge on any atom is -0.435 e. The van der Waals surface area contributed by atoms with E-state index in [9.17, 15) is 13.9 Å². The minimum absolute atomic E-state index is 0.0393. The Kier molecular flexibility index (Phi) is 6.28. The number of nitrogens with one attached hydrogen (secondary N) is 1. The van der Waals surface area contributed by atoms with Gasteiger partial charge in [-0.3, -0.25) is 4.68 Å². The van der Waals surface area contributed by atoms with Crippen molar-refractivity contribution in [1.29, 1.82) is 0 Å². The summed E-state index contributed by atoms with van der Waals surface area (Å²) in [4.78, 5) is 0. The second kappa shape index (κ2) is 8.21. The Balaban J connectivity index is 1.94. The molecule has 0 bridgehead atoms. The number of aryl methyl sites for hydroxylation is 2. The number of halogens is 2. The zero-order valence-electron chi connectivity index (χ0n) is 14.1. The minimum atomic E-state index is -2.88. The van der Waals surface area contributed by atoms with Crippen LogP contribution in [0.4, 0.5) is 8.78 Å². The van der Waals surface area contributed by atoms with Gasteiger partial charge in [0, 0.05) is 30.9 Å². The Morgan fingerprint density at radius 1 is 1.33 bits per heavy atom. The first-order chi connectivity index (χ1) is 11.4. The summed E-state index contributed by atoms with van der Waals surface area (Å²) in [7, 11) is 0. The Bertz CT molecular complexity index is 674. The number of aromatic nitrogens is 2. The molecule has 24 heavy (non-hydrogen) atoms. The molecule has 5 nitrogen and oxygen atoms in total. The van der Waals surface area contributed by atoms with Gasteiger partial charge in [0.25, 0.3) is 0 Å². The SMILES string of the molecule is CCn1nc(C)c(CNCC(O)c2cccc(OC(F)F)c2)c1C. The van der Waals surface area contributed by atoms with Gasteiger partial charge in [0.05, 0.1) is 11.8 Å². The zero-order chi connectivity index (χ0) is 17.7. The molecule has 0 aliphatic rings.